The van der Waals surface area contributed by atoms with Gasteiger partial charge in [-0.15, -0.1) is 11.8 Å². The maximum absolute atomic E-state index is 12.9. The van der Waals surface area contributed by atoms with E-state index in [1.807, 2.05) is 6.07 Å². The van der Waals surface area contributed by atoms with Crippen LogP contribution in [0.3, 0.4) is 0 Å². The molecule has 12 heteroatoms. The SMILES string of the molecule is N#Cc1ccc(NC(=O)C2CSCN2C(=O)c2cnc(OCC(F)(F)F)c(Cl)c2)cc1. The van der Waals surface area contributed by atoms with Gasteiger partial charge in [0.05, 0.1) is 23.1 Å². The van der Waals surface area contributed by atoms with E-state index in [2.05, 4.69) is 15.0 Å². The Morgan fingerprint density at radius 3 is 2.68 bits per heavy atom. The maximum Gasteiger partial charge on any atom is 0.422 e. The lowest BCUT2D eigenvalue weighted by Gasteiger charge is -2.23. The molecule has 0 saturated carbocycles. The second-order valence-corrected chi connectivity index (χ2v) is 7.79. The van der Waals surface area contributed by atoms with Gasteiger partial charge < -0.3 is 15.0 Å². The van der Waals surface area contributed by atoms with Gasteiger partial charge in [0.15, 0.2) is 6.61 Å². The van der Waals surface area contributed by atoms with Crippen molar-refractivity contribution in [3.63, 3.8) is 0 Å². The predicted molar refractivity (Wildman–Crippen MR) is 108 cm³/mol. The number of aromatic nitrogens is 1. The average molecular weight is 471 g/mol. The number of thioether (sulfide) groups is 1. The van der Waals surface area contributed by atoms with Crippen molar-refractivity contribution in [3.05, 3.63) is 52.7 Å². The number of carbonyl (C=O) groups excluding carboxylic acids is 2. The van der Waals surface area contributed by atoms with Gasteiger partial charge in [0.25, 0.3) is 5.91 Å². The molecular formula is C19H14ClF3N4O3S. The fraction of sp³-hybridized carbons (Fsp3) is 0.263. The van der Waals surface area contributed by atoms with E-state index in [9.17, 15) is 22.8 Å². The largest absolute Gasteiger partial charge is 0.467 e. The Balaban J connectivity index is 1.69. The maximum atomic E-state index is 12.9. The molecule has 2 aromatic rings. The second kappa shape index (κ2) is 9.45. The number of halogens is 4. The van der Waals surface area contributed by atoms with E-state index in [-0.39, 0.29) is 16.5 Å². The molecule has 0 aliphatic carbocycles. The van der Waals surface area contributed by atoms with E-state index in [0.717, 1.165) is 12.3 Å². The summed E-state index contributed by atoms with van der Waals surface area (Å²) in [5, 5.41) is 11.3. The number of rotatable bonds is 5. The Labute approximate surface area is 184 Å². The third-order valence-electron chi connectivity index (χ3n) is 4.15. The number of hydrogen-bond donors (Lipinski definition) is 1. The molecule has 0 spiro atoms. The molecule has 2 heterocycles. The van der Waals surface area contributed by atoms with E-state index < -0.39 is 36.5 Å². The first kappa shape index (κ1) is 22.7. The number of ether oxygens (including phenoxy) is 1. The molecule has 1 saturated heterocycles. The molecule has 1 aromatic heterocycles. The molecule has 1 aliphatic rings. The predicted octanol–water partition coefficient (Wildman–Crippen LogP) is 3.70. The molecule has 1 fully saturated rings. The summed E-state index contributed by atoms with van der Waals surface area (Å²) in [6, 6.07) is 8.62. The highest BCUT2D eigenvalue weighted by Crippen LogP contribution is 2.28. The molecule has 2 amide bonds. The fourth-order valence-corrected chi connectivity index (χ4v) is 4.05. The topological polar surface area (TPSA) is 95.3 Å². The van der Waals surface area contributed by atoms with Gasteiger partial charge in [0.1, 0.15) is 11.1 Å². The molecule has 3 rings (SSSR count). The van der Waals surface area contributed by atoms with E-state index in [1.165, 1.54) is 16.7 Å². The summed E-state index contributed by atoms with van der Waals surface area (Å²) in [6.45, 7) is -1.56. The minimum Gasteiger partial charge on any atom is -0.467 e. The Hall–Kier alpha value is -2.97. The average Bonchev–Trinajstić information content (AvgIpc) is 3.22. The van der Waals surface area contributed by atoms with E-state index in [1.54, 1.807) is 24.3 Å². The quantitative estimate of drug-likeness (QED) is 0.716. The van der Waals surface area contributed by atoms with Crippen LogP contribution in [0.5, 0.6) is 5.88 Å². The molecule has 1 aliphatic heterocycles. The van der Waals surface area contributed by atoms with E-state index >= 15 is 0 Å². The van der Waals surface area contributed by atoms with Crippen LogP contribution in [0.25, 0.3) is 0 Å². The van der Waals surface area contributed by atoms with Crippen molar-refractivity contribution in [1.29, 1.82) is 5.26 Å². The first-order valence-electron chi connectivity index (χ1n) is 8.73. The first-order chi connectivity index (χ1) is 14.7. The number of benzene rings is 1. The van der Waals surface area contributed by atoms with Crippen LogP contribution in [0, 0.1) is 11.3 Å². The number of nitriles is 1. The molecule has 162 valence electrons. The van der Waals surface area contributed by atoms with Crippen molar-refractivity contribution in [2.75, 3.05) is 23.6 Å². The third-order valence-corrected chi connectivity index (χ3v) is 5.44. The Morgan fingerprint density at radius 1 is 1.35 bits per heavy atom. The summed E-state index contributed by atoms with van der Waals surface area (Å²) in [6.07, 6.45) is -3.50. The molecule has 0 radical (unpaired) electrons. The van der Waals surface area contributed by atoms with Crippen LogP contribution >= 0.6 is 23.4 Å². The van der Waals surface area contributed by atoms with Gasteiger partial charge in [-0.2, -0.15) is 18.4 Å². The lowest BCUT2D eigenvalue weighted by Crippen LogP contribution is -2.44. The van der Waals surface area contributed by atoms with Crippen molar-refractivity contribution >= 4 is 40.9 Å². The van der Waals surface area contributed by atoms with Crippen LogP contribution in [0.4, 0.5) is 18.9 Å². The number of hydrogen-bond acceptors (Lipinski definition) is 6. The number of anilines is 1. The van der Waals surface area contributed by atoms with Gasteiger partial charge in [0, 0.05) is 17.6 Å². The zero-order valence-electron chi connectivity index (χ0n) is 15.6. The van der Waals surface area contributed by atoms with Crippen LogP contribution in [-0.2, 0) is 4.79 Å². The minimum atomic E-state index is -4.55. The normalized spacial score (nSPS) is 16.0. The fourth-order valence-electron chi connectivity index (χ4n) is 2.68. The molecule has 1 aromatic carbocycles. The highest BCUT2D eigenvalue weighted by molar-refractivity contribution is 7.99. The van der Waals surface area contributed by atoms with E-state index in [4.69, 9.17) is 16.9 Å². The molecule has 1 atom stereocenters. The summed E-state index contributed by atoms with van der Waals surface area (Å²) in [7, 11) is 0. The van der Waals surface area contributed by atoms with Crippen LogP contribution < -0.4 is 10.1 Å². The summed E-state index contributed by atoms with van der Waals surface area (Å²) in [4.78, 5) is 30.5. The van der Waals surface area contributed by atoms with Crippen LogP contribution in [-0.4, -0.2) is 52.2 Å². The monoisotopic (exact) mass is 470 g/mol. The standard InChI is InChI=1S/C19H14ClF3N4O3S/c20-14-5-12(7-25-17(14)30-9-19(21,22)23)18(29)27-10-31-8-15(27)16(28)26-13-3-1-11(6-24)2-4-13/h1-5,7,15H,8-10H2,(H,26,28). The van der Waals surface area contributed by atoms with Gasteiger partial charge in [-0.1, -0.05) is 11.6 Å². The lowest BCUT2D eigenvalue weighted by molar-refractivity contribution is -0.154. The van der Waals surface area contributed by atoms with Crippen LogP contribution in [0.2, 0.25) is 5.02 Å². The smallest absolute Gasteiger partial charge is 0.422 e. The van der Waals surface area contributed by atoms with Crippen molar-refractivity contribution in [2.24, 2.45) is 0 Å². The molecule has 1 unspecified atom stereocenters. The zero-order chi connectivity index (χ0) is 22.6. The number of nitrogens with one attached hydrogen (secondary N) is 1. The van der Waals surface area contributed by atoms with Crippen LogP contribution in [0.15, 0.2) is 36.5 Å². The summed E-state index contributed by atoms with van der Waals surface area (Å²) in [5.41, 5.74) is 0.936. The van der Waals surface area contributed by atoms with Crippen molar-refractivity contribution < 1.29 is 27.5 Å². The summed E-state index contributed by atoms with van der Waals surface area (Å²) in [5.74, 6) is -0.786. The highest BCUT2D eigenvalue weighted by Gasteiger charge is 2.36. The van der Waals surface area contributed by atoms with Crippen molar-refractivity contribution in [1.82, 2.24) is 9.88 Å². The Bertz CT molecular complexity index is 1030. The molecule has 0 bridgehead atoms. The minimum absolute atomic E-state index is 0.0167. The number of nitrogens with zero attached hydrogens (tertiary/aromatic N) is 3. The van der Waals surface area contributed by atoms with Gasteiger partial charge >= 0.3 is 6.18 Å². The Kier molecular flexibility index (Phi) is 6.92. The number of amides is 2. The van der Waals surface area contributed by atoms with E-state index in [0.29, 0.717) is 17.0 Å². The van der Waals surface area contributed by atoms with Crippen molar-refractivity contribution in [2.45, 2.75) is 12.2 Å². The molecule has 31 heavy (non-hydrogen) atoms. The zero-order valence-corrected chi connectivity index (χ0v) is 17.2. The molecule has 7 nitrogen and oxygen atoms in total. The Morgan fingerprint density at radius 2 is 2.06 bits per heavy atom. The number of carbonyl (C=O) groups is 2. The highest BCUT2D eigenvalue weighted by atomic mass is 35.5. The first-order valence-corrected chi connectivity index (χ1v) is 10.3. The third kappa shape index (κ3) is 5.80. The van der Waals surface area contributed by atoms with Crippen molar-refractivity contribution in [3.8, 4) is 11.9 Å². The molecular weight excluding hydrogens is 457 g/mol. The summed E-state index contributed by atoms with van der Waals surface area (Å²) < 4.78 is 41.4. The van der Waals surface area contributed by atoms with Crippen LogP contribution in [0.1, 0.15) is 15.9 Å². The van der Waals surface area contributed by atoms with Gasteiger partial charge in [-0.05, 0) is 30.3 Å². The van der Waals surface area contributed by atoms with Gasteiger partial charge in [-0.3, -0.25) is 9.59 Å². The second-order valence-electron chi connectivity index (χ2n) is 6.38. The number of alkyl halides is 3. The van der Waals surface area contributed by atoms with Gasteiger partial charge in [0.2, 0.25) is 11.8 Å². The number of pyridine rings is 1. The van der Waals surface area contributed by atoms with Gasteiger partial charge in [-0.25, -0.2) is 4.98 Å². The molecule has 1 N–H and O–H groups in total. The lowest BCUT2D eigenvalue weighted by atomic mass is 10.2. The summed E-state index contributed by atoms with van der Waals surface area (Å²) >= 11 is 7.28.